The van der Waals surface area contributed by atoms with E-state index in [1.807, 2.05) is 0 Å². The second-order valence-corrected chi connectivity index (χ2v) is 9.93. The third kappa shape index (κ3) is 7.15. The number of pyridine rings is 1. The standard InChI is InChI=1S/C31H29F3N4O5/c1-41-27-14-21-24(15-28(27)42-17-18-7-10-35-11-8-18)36-12-9-25(21)43-26-6-5-20(13-23(26)33)38-31(40)30(39)37-16-19-3-2-4-22(32)29(19)34/h2-6,9,12-15,18,35H,7-8,10-11,16-17H2,1H3,(H,37,39)(H,38,40). The Morgan fingerprint density at radius 2 is 1.74 bits per heavy atom. The molecule has 0 spiro atoms. The van der Waals surface area contributed by atoms with E-state index in [1.165, 1.54) is 37.6 Å². The van der Waals surface area contributed by atoms with Gasteiger partial charge in [0, 0.05) is 41.5 Å². The van der Waals surface area contributed by atoms with Crippen molar-refractivity contribution >= 4 is 28.4 Å². The molecule has 0 unspecified atom stereocenters. The van der Waals surface area contributed by atoms with Gasteiger partial charge in [0.25, 0.3) is 0 Å². The summed E-state index contributed by atoms with van der Waals surface area (Å²) in [5.41, 5.74) is 0.418. The minimum atomic E-state index is -1.12. The van der Waals surface area contributed by atoms with Crippen molar-refractivity contribution in [2.24, 2.45) is 5.92 Å². The van der Waals surface area contributed by atoms with Crippen molar-refractivity contribution in [2.75, 3.05) is 32.1 Å². The second-order valence-electron chi connectivity index (χ2n) is 9.93. The molecule has 1 aliphatic rings. The second kappa shape index (κ2) is 13.4. The Kier molecular flexibility index (Phi) is 9.26. The molecule has 2 amide bonds. The van der Waals surface area contributed by atoms with Crippen LogP contribution in [0.4, 0.5) is 18.9 Å². The van der Waals surface area contributed by atoms with E-state index in [0.717, 1.165) is 38.1 Å². The van der Waals surface area contributed by atoms with Crippen LogP contribution < -0.4 is 30.2 Å². The molecule has 9 nitrogen and oxygen atoms in total. The van der Waals surface area contributed by atoms with Gasteiger partial charge >= 0.3 is 11.8 Å². The predicted octanol–water partition coefficient (Wildman–Crippen LogP) is 5.09. The number of ether oxygens (including phenoxy) is 3. The van der Waals surface area contributed by atoms with Crippen LogP contribution in [0, 0.1) is 23.4 Å². The van der Waals surface area contributed by atoms with Gasteiger partial charge in [0.1, 0.15) is 5.75 Å². The fourth-order valence-electron chi connectivity index (χ4n) is 4.65. The van der Waals surface area contributed by atoms with Crippen LogP contribution in [-0.2, 0) is 16.1 Å². The maximum atomic E-state index is 15.0. The number of carbonyl (C=O) groups excluding carboxylic acids is 2. The van der Waals surface area contributed by atoms with E-state index in [0.29, 0.717) is 40.7 Å². The molecule has 1 aromatic heterocycles. The van der Waals surface area contributed by atoms with Gasteiger partial charge in [-0.1, -0.05) is 12.1 Å². The van der Waals surface area contributed by atoms with E-state index >= 15 is 4.39 Å². The predicted molar refractivity (Wildman–Crippen MR) is 153 cm³/mol. The fraction of sp³-hybridized carbons (Fsp3) is 0.258. The van der Waals surface area contributed by atoms with Crippen molar-refractivity contribution in [1.82, 2.24) is 15.6 Å². The average molecular weight is 595 g/mol. The molecule has 224 valence electrons. The first kappa shape index (κ1) is 29.6. The van der Waals surface area contributed by atoms with Gasteiger partial charge in [-0.2, -0.15) is 0 Å². The normalized spacial score (nSPS) is 13.4. The Hall–Kier alpha value is -4.84. The molecule has 12 heteroatoms. The molecule has 43 heavy (non-hydrogen) atoms. The van der Waals surface area contributed by atoms with Gasteiger partial charge < -0.3 is 30.2 Å². The van der Waals surface area contributed by atoms with Crippen molar-refractivity contribution < 1.29 is 37.0 Å². The highest BCUT2D eigenvalue weighted by atomic mass is 19.2. The number of methoxy groups -OCH3 is 1. The number of anilines is 1. The average Bonchev–Trinajstić information content (AvgIpc) is 3.02. The van der Waals surface area contributed by atoms with Gasteiger partial charge in [0.15, 0.2) is 34.7 Å². The lowest BCUT2D eigenvalue weighted by Gasteiger charge is -2.23. The number of amides is 2. The maximum absolute atomic E-state index is 15.0. The largest absolute Gasteiger partial charge is 0.493 e. The highest BCUT2D eigenvalue weighted by molar-refractivity contribution is 6.39. The third-order valence-electron chi connectivity index (χ3n) is 7.01. The molecular formula is C31H29F3N4O5. The van der Waals surface area contributed by atoms with Crippen LogP contribution in [0.3, 0.4) is 0 Å². The molecule has 2 heterocycles. The van der Waals surface area contributed by atoms with E-state index in [1.54, 1.807) is 18.2 Å². The minimum absolute atomic E-state index is 0.0151. The number of benzene rings is 3. The van der Waals surface area contributed by atoms with Crippen molar-refractivity contribution in [2.45, 2.75) is 19.4 Å². The van der Waals surface area contributed by atoms with Crippen LogP contribution in [0.1, 0.15) is 18.4 Å². The summed E-state index contributed by atoms with van der Waals surface area (Å²) in [5, 5.41) is 8.36. The molecule has 1 saturated heterocycles. The van der Waals surface area contributed by atoms with E-state index in [2.05, 4.69) is 20.9 Å². The zero-order valence-electron chi connectivity index (χ0n) is 23.2. The molecule has 1 aliphatic heterocycles. The summed E-state index contributed by atoms with van der Waals surface area (Å²) < 4.78 is 59.6. The van der Waals surface area contributed by atoms with E-state index in [9.17, 15) is 18.4 Å². The first-order chi connectivity index (χ1) is 20.8. The summed E-state index contributed by atoms with van der Waals surface area (Å²) in [5.74, 6) is -3.58. The number of hydrogen-bond donors (Lipinski definition) is 3. The smallest absolute Gasteiger partial charge is 0.313 e. The molecule has 0 atom stereocenters. The number of nitrogens with one attached hydrogen (secondary N) is 3. The number of rotatable bonds is 9. The Bertz CT molecular complexity index is 1650. The van der Waals surface area contributed by atoms with Gasteiger partial charge in [-0.25, -0.2) is 13.2 Å². The molecule has 3 N–H and O–H groups in total. The number of fused-ring (bicyclic) bond motifs is 1. The number of nitrogens with zero attached hydrogens (tertiary/aromatic N) is 1. The Morgan fingerprint density at radius 3 is 2.51 bits per heavy atom. The van der Waals surface area contributed by atoms with Crippen LogP contribution in [-0.4, -0.2) is 43.6 Å². The summed E-state index contributed by atoms with van der Waals surface area (Å²) in [6.45, 7) is 2.07. The lowest BCUT2D eigenvalue weighted by Crippen LogP contribution is -2.35. The van der Waals surface area contributed by atoms with Gasteiger partial charge in [-0.05, 0) is 62.2 Å². The van der Waals surface area contributed by atoms with E-state index < -0.39 is 35.8 Å². The molecule has 1 fully saturated rings. The number of carbonyl (C=O) groups is 2. The number of hydrogen-bond acceptors (Lipinski definition) is 7. The highest BCUT2D eigenvalue weighted by Gasteiger charge is 2.19. The summed E-state index contributed by atoms with van der Waals surface area (Å²) in [7, 11) is 1.53. The topological polar surface area (TPSA) is 111 Å². The van der Waals surface area contributed by atoms with Crippen molar-refractivity contribution in [3.8, 4) is 23.0 Å². The summed E-state index contributed by atoms with van der Waals surface area (Å²) >= 11 is 0. The summed E-state index contributed by atoms with van der Waals surface area (Å²) in [6, 6.07) is 12.2. The Morgan fingerprint density at radius 1 is 0.930 bits per heavy atom. The van der Waals surface area contributed by atoms with E-state index in [4.69, 9.17) is 14.2 Å². The molecule has 3 aromatic carbocycles. The first-order valence-electron chi connectivity index (χ1n) is 13.6. The van der Waals surface area contributed by atoms with Crippen LogP contribution in [0.15, 0.2) is 60.8 Å². The molecule has 0 saturated carbocycles. The van der Waals surface area contributed by atoms with E-state index in [-0.39, 0.29) is 17.0 Å². The lowest BCUT2D eigenvalue weighted by atomic mass is 9.99. The molecule has 5 rings (SSSR count). The summed E-state index contributed by atoms with van der Waals surface area (Å²) in [6.07, 6.45) is 3.60. The lowest BCUT2D eigenvalue weighted by molar-refractivity contribution is -0.136. The number of aromatic nitrogens is 1. The zero-order chi connectivity index (χ0) is 30.3. The van der Waals surface area contributed by atoms with Crippen LogP contribution in [0.25, 0.3) is 10.9 Å². The van der Waals surface area contributed by atoms with Gasteiger partial charge in [-0.15, -0.1) is 0 Å². The Balaban J connectivity index is 1.25. The highest BCUT2D eigenvalue weighted by Crippen LogP contribution is 2.38. The number of piperidine rings is 1. The number of halogens is 3. The van der Waals surface area contributed by atoms with Gasteiger partial charge in [0.2, 0.25) is 0 Å². The fourth-order valence-corrected chi connectivity index (χ4v) is 4.65. The minimum Gasteiger partial charge on any atom is -0.493 e. The van der Waals surface area contributed by atoms with Crippen molar-refractivity contribution in [3.63, 3.8) is 0 Å². The molecular weight excluding hydrogens is 565 g/mol. The van der Waals surface area contributed by atoms with Crippen LogP contribution in [0.5, 0.6) is 23.0 Å². The van der Waals surface area contributed by atoms with Crippen molar-refractivity contribution in [3.05, 3.63) is 83.8 Å². The monoisotopic (exact) mass is 594 g/mol. The third-order valence-corrected chi connectivity index (χ3v) is 7.01. The van der Waals surface area contributed by atoms with Crippen LogP contribution >= 0.6 is 0 Å². The van der Waals surface area contributed by atoms with Crippen LogP contribution in [0.2, 0.25) is 0 Å². The zero-order valence-corrected chi connectivity index (χ0v) is 23.2. The van der Waals surface area contributed by atoms with Crippen molar-refractivity contribution in [1.29, 1.82) is 0 Å². The Labute approximate surface area is 245 Å². The quantitative estimate of drug-likeness (QED) is 0.232. The molecule has 0 radical (unpaired) electrons. The van der Waals surface area contributed by atoms with Gasteiger partial charge in [0.05, 0.1) is 19.2 Å². The summed E-state index contributed by atoms with van der Waals surface area (Å²) in [4.78, 5) is 28.8. The SMILES string of the molecule is COc1cc2c(Oc3ccc(NC(=O)C(=O)NCc4cccc(F)c4F)cc3F)ccnc2cc1OCC1CCNCC1. The maximum Gasteiger partial charge on any atom is 0.313 e. The van der Waals surface area contributed by atoms with Gasteiger partial charge in [-0.3, -0.25) is 14.6 Å². The molecule has 0 bridgehead atoms. The first-order valence-corrected chi connectivity index (χ1v) is 13.6. The molecule has 4 aromatic rings. The molecule has 0 aliphatic carbocycles.